The summed E-state index contributed by atoms with van der Waals surface area (Å²) in [7, 11) is 1.01. The molecule has 28 heavy (non-hydrogen) atoms. The van der Waals surface area contributed by atoms with Crippen molar-refractivity contribution in [3.05, 3.63) is 53.6 Å². The molecule has 0 unspecified atom stereocenters. The molecule has 0 aliphatic heterocycles. The number of hydrogen-bond acceptors (Lipinski definition) is 5. The van der Waals surface area contributed by atoms with Crippen LogP contribution < -0.4 is 13.8 Å². The van der Waals surface area contributed by atoms with Crippen molar-refractivity contribution in [1.29, 1.82) is 0 Å². The third kappa shape index (κ3) is 4.75. The maximum absolute atomic E-state index is 13.2. The molecule has 0 N–H and O–H groups in total. The number of hydrogen-bond donors (Lipinski definition) is 0. The first kappa shape index (κ1) is 21.6. The van der Waals surface area contributed by atoms with Crippen molar-refractivity contribution >= 4 is 21.6 Å². The zero-order valence-corrected chi connectivity index (χ0v) is 17.6. The number of methoxy groups -OCH3 is 2. The summed E-state index contributed by atoms with van der Waals surface area (Å²) in [5.74, 6) is 0.385. The van der Waals surface area contributed by atoms with E-state index in [0.29, 0.717) is 18.0 Å². The number of carbonyl (C=O) groups excluding carboxylic acids is 1. The van der Waals surface area contributed by atoms with Gasteiger partial charge in [-0.1, -0.05) is 30.3 Å². The highest BCUT2D eigenvalue weighted by atomic mass is 32.2. The van der Waals surface area contributed by atoms with Crippen molar-refractivity contribution in [3.8, 4) is 11.5 Å². The highest BCUT2D eigenvalue weighted by molar-refractivity contribution is 7.92. The lowest BCUT2D eigenvalue weighted by Crippen LogP contribution is -2.33. The molecule has 1 amide bonds. The Kier molecular flexibility index (Phi) is 6.90. The van der Waals surface area contributed by atoms with Gasteiger partial charge in [0.05, 0.1) is 31.7 Å². The van der Waals surface area contributed by atoms with E-state index in [1.807, 2.05) is 30.3 Å². The Balaban J connectivity index is 2.54. The monoisotopic (exact) mass is 406 g/mol. The molecule has 0 saturated carbocycles. The van der Waals surface area contributed by atoms with Gasteiger partial charge in [-0.15, -0.1) is 0 Å². The van der Waals surface area contributed by atoms with Crippen LogP contribution in [0.25, 0.3) is 0 Å². The van der Waals surface area contributed by atoms with Gasteiger partial charge in [0.25, 0.3) is 5.91 Å². The zero-order chi connectivity index (χ0) is 20.9. The lowest BCUT2D eigenvalue weighted by Gasteiger charge is -2.26. The van der Waals surface area contributed by atoms with Gasteiger partial charge >= 0.3 is 0 Å². The molecule has 2 aromatic carbocycles. The Labute approximate surface area is 166 Å². The molecule has 0 spiro atoms. The lowest BCUT2D eigenvalue weighted by molar-refractivity contribution is 0.0785. The molecule has 0 radical (unpaired) electrons. The summed E-state index contributed by atoms with van der Waals surface area (Å²) in [6.07, 6.45) is 1.11. The van der Waals surface area contributed by atoms with Crippen LogP contribution in [0.15, 0.2) is 42.5 Å². The lowest BCUT2D eigenvalue weighted by atomic mass is 10.1. The quantitative estimate of drug-likeness (QED) is 0.674. The normalized spacial score (nSPS) is 11.0. The summed E-state index contributed by atoms with van der Waals surface area (Å²) in [4.78, 5) is 14.7. The molecule has 2 rings (SSSR count). The number of sulfonamides is 1. The third-order valence-electron chi connectivity index (χ3n) is 4.30. The van der Waals surface area contributed by atoms with E-state index < -0.39 is 10.0 Å². The predicted molar refractivity (Wildman–Crippen MR) is 110 cm³/mol. The molecule has 0 atom stereocenters. The second-order valence-corrected chi connectivity index (χ2v) is 8.21. The highest BCUT2D eigenvalue weighted by Gasteiger charge is 2.26. The zero-order valence-electron chi connectivity index (χ0n) is 16.8. The summed E-state index contributed by atoms with van der Waals surface area (Å²) in [6.45, 7) is 2.27. The summed E-state index contributed by atoms with van der Waals surface area (Å²) < 4.78 is 36.4. The largest absolute Gasteiger partial charge is 0.493 e. The molecule has 8 heteroatoms. The Morgan fingerprint density at radius 3 is 2.11 bits per heavy atom. The SMILES string of the molecule is CCN(c1cc(OC)c(OC)cc1C(=O)N(C)Cc1ccccc1)S(C)(=O)=O. The Morgan fingerprint density at radius 2 is 1.61 bits per heavy atom. The standard InChI is InChI=1S/C20H26N2O5S/c1-6-22(28(5,24)25)17-13-19(27-4)18(26-3)12-16(17)20(23)21(2)14-15-10-8-7-9-11-15/h7-13H,6,14H2,1-5H3. The van der Waals surface area contributed by atoms with E-state index in [1.165, 1.54) is 35.6 Å². The number of amides is 1. The second-order valence-electron chi connectivity index (χ2n) is 6.30. The molecule has 7 nitrogen and oxygen atoms in total. The van der Waals surface area contributed by atoms with Crippen LogP contribution in [-0.4, -0.2) is 53.3 Å². The first-order valence-corrected chi connectivity index (χ1v) is 10.6. The van der Waals surface area contributed by atoms with Crippen LogP contribution in [0.2, 0.25) is 0 Å². The van der Waals surface area contributed by atoms with Gasteiger partial charge in [-0.05, 0) is 18.6 Å². The molecule has 0 aliphatic carbocycles. The number of rotatable bonds is 8. The first-order valence-electron chi connectivity index (χ1n) is 8.76. The van der Waals surface area contributed by atoms with Gasteiger partial charge in [0.15, 0.2) is 11.5 Å². The van der Waals surface area contributed by atoms with Crippen molar-refractivity contribution in [2.75, 3.05) is 38.4 Å². The van der Waals surface area contributed by atoms with Gasteiger partial charge in [-0.3, -0.25) is 9.10 Å². The molecule has 0 aromatic heterocycles. The number of benzene rings is 2. The van der Waals surface area contributed by atoms with Crippen LogP contribution in [-0.2, 0) is 16.6 Å². The Morgan fingerprint density at radius 1 is 1.04 bits per heavy atom. The van der Waals surface area contributed by atoms with Crippen LogP contribution in [0.1, 0.15) is 22.8 Å². The van der Waals surface area contributed by atoms with Crippen LogP contribution >= 0.6 is 0 Å². The van der Waals surface area contributed by atoms with Crippen LogP contribution in [0, 0.1) is 0 Å². The summed E-state index contributed by atoms with van der Waals surface area (Å²) in [5.41, 5.74) is 1.45. The van der Waals surface area contributed by atoms with Gasteiger partial charge in [0.1, 0.15) is 0 Å². The molecule has 152 valence electrons. The number of carbonyl (C=O) groups is 1. The smallest absolute Gasteiger partial charge is 0.256 e. The van der Waals surface area contributed by atoms with Gasteiger partial charge in [-0.25, -0.2) is 8.42 Å². The molecule has 0 aliphatic rings. The number of anilines is 1. The van der Waals surface area contributed by atoms with Crippen LogP contribution in [0.5, 0.6) is 11.5 Å². The van der Waals surface area contributed by atoms with Gasteiger partial charge < -0.3 is 14.4 Å². The topological polar surface area (TPSA) is 76.2 Å². The minimum absolute atomic E-state index is 0.178. The fraction of sp³-hybridized carbons (Fsp3) is 0.350. The third-order valence-corrected chi connectivity index (χ3v) is 5.55. The summed E-state index contributed by atoms with van der Waals surface area (Å²) >= 11 is 0. The van der Waals surface area contributed by atoms with Crippen molar-refractivity contribution < 1.29 is 22.7 Å². The molecule has 2 aromatic rings. The Hall–Kier alpha value is -2.74. The van der Waals surface area contributed by atoms with Gasteiger partial charge in [-0.2, -0.15) is 0 Å². The average molecular weight is 407 g/mol. The molecule has 0 fully saturated rings. The van der Waals surface area contributed by atoms with Crippen LogP contribution in [0.3, 0.4) is 0 Å². The number of ether oxygens (including phenoxy) is 2. The molecule has 0 saturated heterocycles. The van der Waals surface area contributed by atoms with Crippen molar-refractivity contribution in [3.63, 3.8) is 0 Å². The van der Waals surface area contributed by atoms with Crippen LogP contribution in [0.4, 0.5) is 5.69 Å². The Bertz CT molecular complexity index is 929. The van der Waals surface area contributed by atoms with Gasteiger partial charge in [0, 0.05) is 26.2 Å². The maximum Gasteiger partial charge on any atom is 0.256 e. The molecule has 0 heterocycles. The van der Waals surface area contributed by atoms with E-state index in [1.54, 1.807) is 14.0 Å². The van der Waals surface area contributed by atoms with E-state index >= 15 is 0 Å². The van der Waals surface area contributed by atoms with Crippen molar-refractivity contribution in [1.82, 2.24) is 4.90 Å². The fourth-order valence-corrected chi connectivity index (χ4v) is 3.94. The molecular formula is C20H26N2O5S. The fourth-order valence-electron chi connectivity index (χ4n) is 2.96. The second kappa shape index (κ2) is 8.97. The average Bonchev–Trinajstić information content (AvgIpc) is 2.67. The van der Waals surface area contributed by atoms with E-state index in [4.69, 9.17) is 9.47 Å². The number of nitrogens with zero attached hydrogens (tertiary/aromatic N) is 2. The van der Waals surface area contributed by atoms with E-state index in [-0.39, 0.29) is 23.7 Å². The first-order chi connectivity index (χ1) is 13.2. The molecule has 0 bridgehead atoms. The summed E-state index contributed by atoms with van der Waals surface area (Å²) in [6, 6.07) is 12.6. The van der Waals surface area contributed by atoms with Gasteiger partial charge in [0.2, 0.25) is 10.0 Å². The van der Waals surface area contributed by atoms with E-state index in [0.717, 1.165) is 11.8 Å². The predicted octanol–water partition coefficient (Wildman–Crippen LogP) is 2.76. The maximum atomic E-state index is 13.2. The summed E-state index contributed by atoms with van der Waals surface area (Å²) in [5, 5.41) is 0. The molecular weight excluding hydrogens is 380 g/mol. The van der Waals surface area contributed by atoms with Crippen molar-refractivity contribution in [2.24, 2.45) is 0 Å². The minimum Gasteiger partial charge on any atom is -0.493 e. The highest BCUT2D eigenvalue weighted by Crippen LogP contribution is 2.36. The van der Waals surface area contributed by atoms with E-state index in [2.05, 4.69) is 0 Å². The van der Waals surface area contributed by atoms with Crippen molar-refractivity contribution in [2.45, 2.75) is 13.5 Å². The van der Waals surface area contributed by atoms with E-state index in [9.17, 15) is 13.2 Å². The minimum atomic E-state index is -3.59.